The Balaban J connectivity index is 1.23. The molecular weight excluding hydrogens is 603 g/mol. The molecule has 0 bridgehead atoms. The molecule has 3 aliphatic rings. The molecule has 0 radical (unpaired) electrons. The first kappa shape index (κ1) is 30.2. The van der Waals surface area contributed by atoms with E-state index in [2.05, 4.69) is 25.5 Å². The Morgan fingerprint density at radius 3 is 2.73 bits per heavy atom. The first-order chi connectivity index (χ1) is 20.8. The molecule has 2 aliphatic heterocycles. The first-order valence-electron chi connectivity index (χ1n) is 14.2. The van der Waals surface area contributed by atoms with E-state index in [4.69, 9.17) is 4.52 Å². The lowest BCUT2D eigenvalue weighted by Crippen LogP contribution is -2.47. The van der Waals surface area contributed by atoms with E-state index in [9.17, 15) is 31.9 Å². The third kappa shape index (κ3) is 6.79. The summed E-state index contributed by atoms with van der Waals surface area (Å²) in [5, 5.41) is 9.67. The number of fused-ring (bicyclic) bond motifs is 1. The molecule has 1 saturated heterocycles. The number of alkyl halides is 3. The van der Waals surface area contributed by atoms with Crippen molar-refractivity contribution in [1.29, 1.82) is 0 Å². The fourth-order valence-electron chi connectivity index (χ4n) is 5.95. The minimum Gasteiger partial charge on any atom is -0.406 e. The maximum Gasteiger partial charge on any atom is 0.573 e. The fourth-order valence-corrected chi connectivity index (χ4v) is 7.67. The SMILES string of the molecule is Cc1noc([C@H]2C[C@H]2C(=O)NCc2ccc(-c3cccc(OC(F)(F)F)c3)c3c2CN(C(=O)NC2CCS(O)(O)C2)CC3)n1. The maximum absolute atomic E-state index is 13.2. The lowest BCUT2D eigenvalue weighted by atomic mass is 9.87. The number of nitrogens with zero attached hydrogens (tertiary/aromatic N) is 3. The molecule has 3 amide bonds. The predicted octanol–water partition coefficient (Wildman–Crippen LogP) is 4.95. The molecule has 4 N–H and O–H groups in total. The highest BCUT2D eigenvalue weighted by atomic mass is 32.3. The zero-order valence-electron chi connectivity index (χ0n) is 23.8. The largest absolute Gasteiger partial charge is 0.573 e. The second-order valence-electron chi connectivity index (χ2n) is 11.4. The van der Waals surface area contributed by atoms with E-state index in [0.29, 0.717) is 48.6 Å². The summed E-state index contributed by atoms with van der Waals surface area (Å²) < 4.78 is 68.0. The number of nitrogens with one attached hydrogen (secondary N) is 2. The number of benzene rings is 2. The summed E-state index contributed by atoms with van der Waals surface area (Å²) in [6, 6.07) is 8.69. The van der Waals surface area contributed by atoms with Gasteiger partial charge < -0.3 is 24.8 Å². The number of aromatic nitrogens is 2. The summed E-state index contributed by atoms with van der Waals surface area (Å²) in [6.45, 7) is 2.44. The van der Waals surface area contributed by atoms with Crippen molar-refractivity contribution in [3.63, 3.8) is 0 Å². The minimum absolute atomic E-state index is 0.117. The van der Waals surface area contributed by atoms with Crippen LogP contribution in [0.2, 0.25) is 0 Å². The van der Waals surface area contributed by atoms with E-state index >= 15 is 0 Å². The van der Waals surface area contributed by atoms with Crippen LogP contribution in [0, 0.1) is 12.8 Å². The third-order valence-electron chi connectivity index (χ3n) is 8.20. The fraction of sp³-hybridized carbons (Fsp3) is 0.448. The lowest BCUT2D eigenvalue weighted by Gasteiger charge is -2.33. The van der Waals surface area contributed by atoms with Crippen LogP contribution >= 0.6 is 10.6 Å². The molecule has 1 saturated carbocycles. The van der Waals surface area contributed by atoms with Gasteiger partial charge in [0.15, 0.2) is 5.82 Å². The van der Waals surface area contributed by atoms with Crippen LogP contribution in [0.4, 0.5) is 18.0 Å². The third-order valence-corrected chi connectivity index (χ3v) is 10.0. The Hall–Kier alpha value is -3.82. The number of urea groups is 1. The number of hydrogen-bond donors (Lipinski definition) is 4. The molecule has 3 atom stereocenters. The van der Waals surface area contributed by atoms with E-state index in [0.717, 1.165) is 16.7 Å². The second kappa shape index (κ2) is 11.6. The molecule has 2 fully saturated rings. The summed E-state index contributed by atoms with van der Waals surface area (Å²) in [6.07, 6.45) is -3.34. The molecule has 1 unspecified atom stereocenters. The van der Waals surface area contributed by atoms with Crippen LogP contribution in [-0.4, -0.2) is 66.5 Å². The Morgan fingerprint density at radius 1 is 1.20 bits per heavy atom. The maximum atomic E-state index is 13.2. The number of aryl methyl sites for hydroxylation is 1. The number of hydrogen-bond acceptors (Lipinski definition) is 8. The Kier molecular flexibility index (Phi) is 7.96. The van der Waals surface area contributed by atoms with Crippen molar-refractivity contribution >= 4 is 22.5 Å². The van der Waals surface area contributed by atoms with Gasteiger partial charge in [-0.3, -0.25) is 13.9 Å². The van der Waals surface area contributed by atoms with Gasteiger partial charge in [-0.2, -0.15) is 15.6 Å². The lowest BCUT2D eigenvalue weighted by molar-refractivity contribution is -0.274. The van der Waals surface area contributed by atoms with Gasteiger partial charge in [0.25, 0.3) is 0 Å². The van der Waals surface area contributed by atoms with Gasteiger partial charge in [0.05, 0.1) is 17.6 Å². The molecule has 11 nitrogen and oxygen atoms in total. The van der Waals surface area contributed by atoms with Crippen molar-refractivity contribution in [3.05, 3.63) is 64.8 Å². The van der Waals surface area contributed by atoms with E-state index in [1.54, 1.807) is 17.9 Å². The zero-order chi connectivity index (χ0) is 31.2. The average Bonchev–Trinajstić information content (AvgIpc) is 3.53. The summed E-state index contributed by atoms with van der Waals surface area (Å²) in [4.78, 5) is 32.0. The van der Waals surface area contributed by atoms with E-state index in [1.165, 1.54) is 18.2 Å². The smallest absolute Gasteiger partial charge is 0.406 e. The van der Waals surface area contributed by atoms with Crippen LogP contribution in [0.25, 0.3) is 11.1 Å². The monoisotopic (exact) mass is 635 g/mol. The summed E-state index contributed by atoms with van der Waals surface area (Å²) in [5.41, 5.74) is 3.68. The quantitative estimate of drug-likeness (QED) is 0.285. The van der Waals surface area contributed by atoms with Crippen molar-refractivity contribution in [2.45, 2.75) is 57.6 Å². The van der Waals surface area contributed by atoms with Crippen molar-refractivity contribution in [1.82, 2.24) is 25.7 Å². The highest BCUT2D eigenvalue weighted by Crippen LogP contribution is 2.47. The Bertz CT molecular complexity index is 1580. The van der Waals surface area contributed by atoms with Gasteiger partial charge in [0.2, 0.25) is 11.8 Å². The number of rotatable bonds is 7. The normalized spacial score (nSPS) is 23.0. The van der Waals surface area contributed by atoms with E-state index in [1.807, 2.05) is 12.1 Å². The highest BCUT2D eigenvalue weighted by molar-refractivity contribution is 8.24. The van der Waals surface area contributed by atoms with E-state index in [-0.39, 0.29) is 60.2 Å². The van der Waals surface area contributed by atoms with Gasteiger partial charge in [0.1, 0.15) is 5.75 Å². The molecule has 1 aromatic heterocycles. The number of carbonyl (C=O) groups excluding carboxylic acids is 2. The van der Waals surface area contributed by atoms with Gasteiger partial charge >= 0.3 is 12.4 Å². The summed E-state index contributed by atoms with van der Waals surface area (Å²) in [5.74, 6) is 0.385. The molecule has 44 heavy (non-hydrogen) atoms. The standard InChI is InChI=1S/C29H32F3N5O6S/c1-16-34-27(43-36-16)24-12-23(24)26(38)33-13-18-5-6-21(17-3-2-4-20(11-17)42-29(30,31)32)22-7-9-37(14-25(18)22)28(39)35-19-8-10-44(40,41)15-19/h2-6,11,19,23-24,40-41H,7-10,12-15H2,1H3,(H,33,38)(H,35,39)/t19?,23-,24+/m1/s1. The van der Waals surface area contributed by atoms with Crippen molar-refractivity contribution in [2.24, 2.45) is 5.92 Å². The van der Waals surface area contributed by atoms with Crippen LogP contribution in [0.1, 0.15) is 47.2 Å². The van der Waals surface area contributed by atoms with Gasteiger partial charge in [0, 0.05) is 31.4 Å². The van der Waals surface area contributed by atoms with Crippen LogP contribution in [0.5, 0.6) is 5.75 Å². The first-order valence-corrected chi connectivity index (χ1v) is 16.1. The van der Waals surface area contributed by atoms with Crippen molar-refractivity contribution < 1.29 is 41.1 Å². The summed E-state index contributed by atoms with van der Waals surface area (Å²) in [7, 11) is -2.68. The molecule has 2 aromatic carbocycles. The van der Waals surface area contributed by atoms with E-state index < -0.39 is 17.0 Å². The molecule has 3 heterocycles. The summed E-state index contributed by atoms with van der Waals surface area (Å²) >= 11 is 0. The molecular formula is C29H32F3N5O6S. The molecule has 1 aliphatic carbocycles. The molecule has 236 valence electrons. The minimum atomic E-state index is -4.83. The van der Waals surface area contributed by atoms with Crippen molar-refractivity contribution in [2.75, 3.05) is 18.1 Å². The van der Waals surface area contributed by atoms with Crippen LogP contribution in [-0.2, 0) is 24.3 Å². The van der Waals surface area contributed by atoms with Gasteiger partial charge in [-0.15, -0.1) is 13.2 Å². The highest BCUT2D eigenvalue weighted by Gasteiger charge is 2.47. The molecule has 0 spiro atoms. The molecule has 6 rings (SSSR count). The number of amides is 3. The zero-order valence-corrected chi connectivity index (χ0v) is 24.6. The van der Waals surface area contributed by atoms with Crippen LogP contribution in [0.3, 0.4) is 0 Å². The second-order valence-corrected chi connectivity index (χ2v) is 13.8. The average molecular weight is 636 g/mol. The number of ether oxygens (including phenoxy) is 1. The van der Waals surface area contributed by atoms with Crippen LogP contribution in [0.15, 0.2) is 40.9 Å². The van der Waals surface area contributed by atoms with Gasteiger partial charge in [-0.1, -0.05) is 29.4 Å². The van der Waals surface area contributed by atoms with Gasteiger partial charge in [-0.05, 0) is 66.1 Å². The van der Waals surface area contributed by atoms with Gasteiger partial charge in [-0.25, -0.2) is 4.79 Å². The molecule has 15 heteroatoms. The predicted molar refractivity (Wildman–Crippen MR) is 154 cm³/mol. The van der Waals surface area contributed by atoms with Crippen LogP contribution < -0.4 is 15.4 Å². The Morgan fingerprint density at radius 2 is 2.02 bits per heavy atom. The Labute approximate surface area is 252 Å². The number of carbonyl (C=O) groups is 2. The topological polar surface area (TPSA) is 150 Å². The number of halogens is 3. The molecule has 3 aromatic rings. The van der Waals surface area contributed by atoms with Crippen molar-refractivity contribution in [3.8, 4) is 16.9 Å².